The van der Waals surface area contributed by atoms with E-state index in [4.69, 9.17) is 0 Å². The number of pyridine rings is 1. The summed E-state index contributed by atoms with van der Waals surface area (Å²) in [6, 6.07) is 9.10. The number of likely N-dealkylation sites (N-methyl/N-ethyl adjacent to an activating group) is 1. The summed E-state index contributed by atoms with van der Waals surface area (Å²) in [7, 11) is 2.23. The number of hydrogen-bond acceptors (Lipinski definition) is 2. The summed E-state index contributed by atoms with van der Waals surface area (Å²) in [5.74, 6) is 0. The largest absolute Gasteiger partial charge is 0.344 e. The van der Waals surface area contributed by atoms with Crippen LogP contribution in [0.25, 0.3) is 10.9 Å². The number of aryl methyl sites for hydroxylation is 5. The molecule has 130 valence electrons. The van der Waals surface area contributed by atoms with Crippen molar-refractivity contribution in [1.29, 1.82) is 0 Å². The summed E-state index contributed by atoms with van der Waals surface area (Å²) in [5.41, 5.74) is 9.66. The Balaban J connectivity index is 1.76. The van der Waals surface area contributed by atoms with E-state index in [1.54, 1.807) is 0 Å². The Labute approximate surface area is 150 Å². The Morgan fingerprint density at radius 2 is 1.88 bits per heavy atom. The van der Waals surface area contributed by atoms with Crippen molar-refractivity contribution in [2.24, 2.45) is 0 Å². The van der Waals surface area contributed by atoms with Gasteiger partial charge in [0.25, 0.3) is 0 Å². The molecule has 0 spiro atoms. The first-order valence-electron chi connectivity index (χ1n) is 9.24. The second-order valence-corrected chi connectivity index (χ2v) is 7.58. The molecule has 0 fully saturated rings. The molecule has 0 radical (unpaired) electrons. The summed E-state index contributed by atoms with van der Waals surface area (Å²) in [6.07, 6.45) is 4.20. The molecule has 1 aliphatic heterocycles. The molecule has 0 saturated heterocycles. The van der Waals surface area contributed by atoms with Crippen LogP contribution in [-0.2, 0) is 25.9 Å². The molecule has 0 N–H and O–H groups in total. The number of rotatable bonds is 3. The molecule has 4 rings (SSSR count). The lowest BCUT2D eigenvalue weighted by atomic mass is 10.0. The Bertz CT molecular complexity index is 919. The first-order chi connectivity index (χ1) is 12.0. The topological polar surface area (TPSA) is 21.1 Å². The van der Waals surface area contributed by atoms with E-state index < -0.39 is 0 Å². The van der Waals surface area contributed by atoms with Crippen molar-refractivity contribution in [3.63, 3.8) is 0 Å². The van der Waals surface area contributed by atoms with Crippen LogP contribution in [0.15, 0.2) is 30.5 Å². The van der Waals surface area contributed by atoms with E-state index in [0.29, 0.717) is 0 Å². The molecule has 2 aromatic heterocycles. The minimum atomic E-state index is 1.03. The maximum atomic E-state index is 4.45. The Hall–Kier alpha value is -2.13. The number of fused-ring (bicyclic) bond motifs is 3. The van der Waals surface area contributed by atoms with Crippen LogP contribution in [0.1, 0.15) is 33.6 Å². The number of hydrogen-bond donors (Lipinski definition) is 0. The fourth-order valence-corrected chi connectivity index (χ4v) is 3.98. The predicted octanol–water partition coefficient (Wildman–Crippen LogP) is 4.19. The standard InChI is InChI=1S/C22H27N3/c1-15-11-19-20-14-24(4)9-8-21(20)25(22(19)12-16(15)2)10-7-18-6-5-17(3)23-13-18/h5-6,11-13H,7-10,14H2,1-4H3. The molecular weight excluding hydrogens is 306 g/mol. The minimum Gasteiger partial charge on any atom is -0.344 e. The first kappa shape index (κ1) is 16.3. The van der Waals surface area contributed by atoms with Gasteiger partial charge in [0.05, 0.1) is 0 Å². The fourth-order valence-electron chi connectivity index (χ4n) is 3.98. The zero-order valence-electron chi connectivity index (χ0n) is 15.8. The number of nitrogens with zero attached hydrogens (tertiary/aromatic N) is 3. The van der Waals surface area contributed by atoms with Crippen LogP contribution in [0.4, 0.5) is 0 Å². The molecule has 0 atom stereocenters. The summed E-state index contributed by atoms with van der Waals surface area (Å²) < 4.78 is 2.57. The monoisotopic (exact) mass is 333 g/mol. The lowest BCUT2D eigenvalue weighted by molar-refractivity contribution is 0.309. The van der Waals surface area contributed by atoms with Gasteiger partial charge in [-0.1, -0.05) is 6.07 Å². The van der Waals surface area contributed by atoms with Crippen molar-refractivity contribution in [2.75, 3.05) is 13.6 Å². The van der Waals surface area contributed by atoms with E-state index in [0.717, 1.165) is 38.2 Å². The van der Waals surface area contributed by atoms with Crippen molar-refractivity contribution in [3.05, 3.63) is 64.1 Å². The molecule has 1 aromatic carbocycles. The van der Waals surface area contributed by atoms with E-state index in [2.05, 4.69) is 59.6 Å². The zero-order valence-corrected chi connectivity index (χ0v) is 15.8. The molecule has 0 amide bonds. The first-order valence-corrected chi connectivity index (χ1v) is 9.24. The Morgan fingerprint density at radius 3 is 2.64 bits per heavy atom. The van der Waals surface area contributed by atoms with Crippen molar-refractivity contribution < 1.29 is 0 Å². The van der Waals surface area contributed by atoms with Crippen LogP contribution >= 0.6 is 0 Å². The highest BCUT2D eigenvalue weighted by atomic mass is 15.1. The summed E-state index contributed by atoms with van der Waals surface area (Å²) in [5, 5.41) is 1.45. The van der Waals surface area contributed by atoms with Crippen LogP contribution in [0.5, 0.6) is 0 Å². The zero-order chi connectivity index (χ0) is 17.6. The summed E-state index contributed by atoms with van der Waals surface area (Å²) >= 11 is 0. The van der Waals surface area contributed by atoms with Gasteiger partial charge in [0.15, 0.2) is 0 Å². The van der Waals surface area contributed by atoms with Gasteiger partial charge in [-0.05, 0) is 74.7 Å². The van der Waals surface area contributed by atoms with Gasteiger partial charge in [0.1, 0.15) is 0 Å². The van der Waals surface area contributed by atoms with E-state index in [9.17, 15) is 0 Å². The van der Waals surface area contributed by atoms with Crippen molar-refractivity contribution in [2.45, 2.75) is 46.7 Å². The van der Waals surface area contributed by atoms with Crippen molar-refractivity contribution in [1.82, 2.24) is 14.5 Å². The van der Waals surface area contributed by atoms with Crippen molar-refractivity contribution >= 4 is 10.9 Å². The second-order valence-electron chi connectivity index (χ2n) is 7.58. The quantitative estimate of drug-likeness (QED) is 0.716. The molecule has 3 aromatic rings. The van der Waals surface area contributed by atoms with Gasteiger partial charge in [-0.2, -0.15) is 0 Å². The SMILES string of the molecule is Cc1ccc(CCn2c3c(c4cc(C)c(C)cc42)CN(C)CC3)cn1. The smallest absolute Gasteiger partial charge is 0.0488 e. The highest BCUT2D eigenvalue weighted by Crippen LogP contribution is 2.32. The third-order valence-electron chi connectivity index (χ3n) is 5.66. The normalized spacial score (nSPS) is 14.9. The second kappa shape index (κ2) is 6.30. The number of aromatic nitrogens is 2. The predicted molar refractivity (Wildman–Crippen MR) is 104 cm³/mol. The van der Waals surface area contributed by atoms with Crippen LogP contribution in [0.2, 0.25) is 0 Å². The number of benzene rings is 1. The average molecular weight is 333 g/mol. The van der Waals surface area contributed by atoms with Gasteiger partial charge in [-0.3, -0.25) is 4.98 Å². The lowest BCUT2D eigenvalue weighted by Crippen LogP contribution is -2.27. The summed E-state index contributed by atoms with van der Waals surface area (Å²) in [4.78, 5) is 6.88. The molecule has 3 nitrogen and oxygen atoms in total. The van der Waals surface area contributed by atoms with Crippen LogP contribution in [0.3, 0.4) is 0 Å². The van der Waals surface area contributed by atoms with Gasteiger partial charge in [-0.25, -0.2) is 0 Å². The summed E-state index contributed by atoms with van der Waals surface area (Å²) in [6.45, 7) is 9.73. The van der Waals surface area contributed by atoms with Gasteiger partial charge in [-0.15, -0.1) is 0 Å². The Kier molecular flexibility index (Phi) is 4.12. The van der Waals surface area contributed by atoms with E-state index in [1.807, 2.05) is 13.1 Å². The molecule has 0 aliphatic carbocycles. The van der Waals surface area contributed by atoms with Crippen LogP contribution in [-0.4, -0.2) is 28.0 Å². The minimum absolute atomic E-state index is 1.03. The molecule has 0 bridgehead atoms. The van der Waals surface area contributed by atoms with Gasteiger partial charge in [0.2, 0.25) is 0 Å². The third-order valence-corrected chi connectivity index (χ3v) is 5.66. The van der Waals surface area contributed by atoms with Crippen molar-refractivity contribution in [3.8, 4) is 0 Å². The maximum absolute atomic E-state index is 4.45. The highest BCUT2D eigenvalue weighted by Gasteiger charge is 2.22. The average Bonchev–Trinajstić information content (AvgIpc) is 2.87. The van der Waals surface area contributed by atoms with E-state index >= 15 is 0 Å². The van der Waals surface area contributed by atoms with Gasteiger partial charge < -0.3 is 9.47 Å². The fraction of sp³-hybridized carbons (Fsp3) is 0.409. The van der Waals surface area contributed by atoms with Gasteiger partial charge >= 0.3 is 0 Å². The molecular formula is C22H27N3. The highest BCUT2D eigenvalue weighted by molar-refractivity contribution is 5.87. The van der Waals surface area contributed by atoms with E-state index in [1.165, 1.54) is 38.9 Å². The van der Waals surface area contributed by atoms with E-state index in [-0.39, 0.29) is 0 Å². The Morgan fingerprint density at radius 1 is 1.08 bits per heavy atom. The molecule has 1 aliphatic rings. The van der Waals surface area contributed by atoms with Crippen LogP contribution < -0.4 is 0 Å². The van der Waals surface area contributed by atoms with Gasteiger partial charge in [0, 0.05) is 54.5 Å². The molecule has 3 heteroatoms. The lowest BCUT2D eigenvalue weighted by Gasteiger charge is -2.24. The third kappa shape index (κ3) is 2.98. The molecule has 0 saturated carbocycles. The molecule has 25 heavy (non-hydrogen) atoms. The maximum Gasteiger partial charge on any atom is 0.0488 e. The molecule has 0 unspecified atom stereocenters. The van der Waals surface area contributed by atoms with Crippen LogP contribution in [0, 0.1) is 20.8 Å². The molecule has 3 heterocycles.